The Kier molecular flexibility index (Phi) is 2.91. The highest BCUT2D eigenvalue weighted by atomic mass is 14.4. The highest BCUT2D eigenvalue weighted by Gasteiger charge is 2.39. The van der Waals surface area contributed by atoms with Crippen molar-refractivity contribution in [3.63, 3.8) is 0 Å². The largest absolute Gasteiger partial charge is 0.0620 e. The molecule has 2 aliphatic carbocycles. The van der Waals surface area contributed by atoms with E-state index in [1.807, 2.05) is 0 Å². The van der Waals surface area contributed by atoms with Gasteiger partial charge in [-0.05, 0) is 60.8 Å². The van der Waals surface area contributed by atoms with E-state index >= 15 is 0 Å². The van der Waals surface area contributed by atoms with Gasteiger partial charge in [0.25, 0.3) is 0 Å². The zero-order valence-electron chi connectivity index (χ0n) is 12.1. The molecule has 0 fully saturated rings. The summed E-state index contributed by atoms with van der Waals surface area (Å²) < 4.78 is 0. The van der Waals surface area contributed by atoms with Crippen LogP contribution in [0.4, 0.5) is 0 Å². The first kappa shape index (κ1) is 12.2. The van der Waals surface area contributed by atoms with Gasteiger partial charge in [0.2, 0.25) is 0 Å². The molecule has 0 nitrogen and oxygen atoms in total. The topological polar surface area (TPSA) is 0 Å². The van der Waals surface area contributed by atoms with Gasteiger partial charge in [-0.3, -0.25) is 0 Å². The van der Waals surface area contributed by atoms with Crippen LogP contribution in [-0.2, 0) is 18.3 Å². The van der Waals surface area contributed by atoms with Crippen molar-refractivity contribution in [2.75, 3.05) is 0 Å². The van der Waals surface area contributed by atoms with Crippen LogP contribution in [-0.4, -0.2) is 0 Å². The van der Waals surface area contributed by atoms with E-state index in [2.05, 4.69) is 48.5 Å². The molecule has 0 saturated heterocycles. The van der Waals surface area contributed by atoms with Gasteiger partial charge in [-0.15, -0.1) is 0 Å². The molecule has 1 unspecified atom stereocenters. The van der Waals surface area contributed by atoms with E-state index in [1.165, 1.54) is 44.9 Å². The number of hydrogen-bond donors (Lipinski definition) is 0. The highest BCUT2D eigenvalue weighted by Crippen LogP contribution is 2.48. The lowest BCUT2D eigenvalue weighted by Gasteiger charge is -2.40. The summed E-state index contributed by atoms with van der Waals surface area (Å²) in [7, 11) is 0. The summed E-state index contributed by atoms with van der Waals surface area (Å²) in [5.41, 5.74) is 6.75. The fraction of sp³-hybridized carbons (Fsp3) is 0.400. The molecule has 4 rings (SSSR count). The monoisotopic (exact) mass is 262 g/mol. The summed E-state index contributed by atoms with van der Waals surface area (Å²) in [5.74, 6) is 0. The maximum absolute atomic E-state index is 2.41. The minimum Gasteiger partial charge on any atom is -0.0620 e. The third kappa shape index (κ3) is 1.74. The molecule has 20 heavy (non-hydrogen) atoms. The van der Waals surface area contributed by atoms with Crippen LogP contribution in [0, 0.1) is 0 Å². The second-order valence-electron chi connectivity index (χ2n) is 6.46. The molecule has 2 aliphatic rings. The SMILES string of the molecule is c1ccc2c(c1)CCCCC21CCCc2ccccc21. The summed E-state index contributed by atoms with van der Waals surface area (Å²) in [6.45, 7) is 0. The fourth-order valence-electron chi connectivity index (χ4n) is 4.54. The molecule has 0 heterocycles. The molecule has 0 amide bonds. The zero-order chi connectivity index (χ0) is 13.4. The Bertz CT molecular complexity index is 625. The van der Waals surface area contributed by atoms with Crippen molar-refractivity contribution in [3.8, 4) is 0 Å². The zero-order valence-corrected chi connectivity index (χ0v) is 12.1. The van der Waals surface area contributed by atoms with Gasteiger partial charge in [-0.25, -0.2) is 0 Å². The first-order valence-corrected chi connectivity index (χ1v) is 8.07. The average Bonchev–Trinajstić information content (AvgIpc) is 2.69. The lowest BCUT2D eigenvalue weighted by atomic mass is 9.63. The molecule has 0 radical (unpaired) electrons. The quantitative estimate of drug-likeness (QED) is 0.624. The molecule has 0 saturated carbocycles. The third-order valence-electron chi connectivity index (χ3n) is 5.42. The van der Waals surface area contributed by atoms with Crippen molar-refractivity contribution in [2.45, 2.75) is 50.4 Å². The van der Waals surface area contributed by atoms with Gasteiger partial charge in [0.1, 0.15) is 0 Å². The lowest BCUT2D eigenvalue weighted by molar-refractivity contribution is 0.393. The Hall–Kier alpha value is -1.56. The highest BCUT2D eigenvalue weighted by molar-refractivity contribution is 5.49. The van der Waals surface area contributed by atoms with E-state index in [0.29, 0.717) is 5.41 Å². The van der Waals surface area contributed by atoms with Crippen LogP contribution in [0.15, 0.2) is 48.5 Å². The number of benzene rings is 2. The number of rotatable bonds is 0. The third-order valence-corrected chi connectivity index (χ3v) is 5.42. The Morgan fingerprint density at radius 2 is 1.15 bits per heavy atom. The van der Waals surface area contributed by atoms with Crippen molar-refractivity contribution in [3.05, 3.63) is 70.8 Å². The molecule has 0 aliphatic heterocycles. The van der Waals surface area contributed by atoms with Crippen LogP contribution in [0.1, 0.15) is 54.4 Å². The van der Waals surface area contributed by atoms with Gasteiger partial charge in [-0.2, -0.15) is 0 Å². The molecular weight excluding hydrogens is 240 g/mol. The standard InChI is InChI=1S/C20H22/c1-3-12-18-16(8-1)10-5-6-14-20(18)15-7-11-17-9-2-4-13-19(17)20/h1-4,8-9,12-13H,5-7,10-11,14-15H2. The molecule has 1 atom stereocenters. The molecule has 1 spiro atoms. The van der Waals surface area contributed by atoms with Crippen molar-refractivity contribution in [1.29, 1.82) is 0 Å². The molecule has 2 aromatic rings. The van der Waals surface area contributed by atoms with Crippen LogP contribution in [0.25, 0.3) is 0 Å². The average molecular weight is 262 g/mol. The molecular formula is C20H22. The van der Waals surface area contributed by atoms with E-state index in [4.69, 9.17) is 0 Å². The van der Waals surface area contributed by atoms with Crippen LogP contribution >= 0.6 is 0 Å². The fourth-order valence-corrected chi connectivity index (χ4v) is 4.54. The van der Waals surface area contributed by atoms with Gasteiger partial charge in [0, 0.05) is 5.41 Å². The maximum Gasteiger partial charge on any atom is 0.0208 e. The predicted molar refractivity (Wildman–Crippen MR) is 84.2 cm³/mol. The van der Waals surface area contributed by atoms with E-state index in [9.17, 15) is 0 Å². The lowest BCUT2D eigenvalue weighted by Crippen LogP contribution is -2.32. The second kappa shape index (κ2) is 4.77. The molecule has 2 aromatic carbocycles. The Morgan fingerprint density at radius 1 is 0.600 bits per heavy atom. The Labute approximate surface area is 121 Å². The summed E-state index contributed by atoms with van der Waals surface area (Å²) >= 11 is 0. The van der Waals surface area contributed by atoms with Crippen molar-refractivity contribution in [1.82, 2.24) is 0 Å². The van der Waals surface area contributed by atoms with E-state index in [1.54, 1.807) is 22.3 Å². The van der Waals surface area contributed by atoms with Crippen LogP contribution in [0.3, 0.4) is 0 Å². The van der Waals surface area contributed by atoms with Gasteiger partial charge < -0.3 is 0 Å². The van der Waals surface area contributed by atoms with Crippen molar-refractivity contribution >= 4 is 0 Å². The summed E-state index contributed by atoms with van der Waals surface area (Å²) in [5, 5.41) is 0. The number of aryl methyl sites for hydroxylation is 2. The maximum atomic E-state index is 2.41. The minimum atomic E-state index is 0.307. The first-order valence-electron chi connectivity index (χ1n) is 8.07. The molecule has 102 valence electrons. The number of fused-ring (bicyclic) bond motifs is 4. The summed E-state index contributed by atoms with van der Waals surface area (Å²) in [4.78, 5) is 0. The van der Waals surface area contributed by atoms with Crippen LogP contribution in [0.5, 0.6) is 0 Å². The predicted octanol–water partition coefficient (Wildman–Crippen LogP) is 5.04. The van der Waals surface area contributed by atoms with Crippen molar-refractivity contribution < 1.29 is 0 Å². The molecule has 0 N–H and O–H groups in total. The number of hydrogen-bond acceptors (Lipinski definition) is 0. The first-order chi connectivity index (χ1) is 9.90. The van der Waals surface area contributed by atoms with Crippen LogP contribution < -0.4 is 0 Å². The molecule has 0 bridgehead atoms. The van der Waals surface area contributed by atoms with Gasteiger partial charge in [-0.1, -0.05) is 55.0 Å². The van der Waals surface area contributed by atoms with E-state index in [0.717, 1.165) is 0 Å². The Morgan fingerprint density at radius 3 is 1.85 bits per heavy atom. The minimum absolute atomic E-state index is 0.307. The summed E-state index contributed by atoms with van der Waals surface area (Å²) in [6.07, 6.45) is 9.25. The summed E-state index contributed by atoms with van der Waals surface area (Å²) in [6, 6.07) is 18.4. The van der Waals surface area contributed by atoms with E-state index in [-0.39, 0.29) is 0 Å². The molecule has 0 aromatic heterocycles. The molecule has 0 heteroatoms. The normalized spacial score (nSPS) is 24.8. The smallest absolute Gasteiger partial charge is 0.0208 e. The second-order valence-corrected chi connectivity index (χ2v) is 6.46. The van der Waals surface area contributed by atoms with Crippen molar-refractivity contribution in [2.24, 2.45) is 0 Å². The van der Waals surface area contributed by atoms with E-state index < -0.39 is 0 Å². The van der Waals surface area contributed by atoms with Crippen LogP contribution in [0.2, 0.25) is 0 Å². The van der Waals surface area contributed by atoms with Gasteiger partial charge in [0.15, 0.2) is 0 Å². The van der Waals surface area contributed by atoms with Gasteiger partial charge >= 0.3 is 0 Å². The Balaban J connectivity index is 1.97. The van der Waals surface area contributed by atoms with Gasteiger partial charge in [0.05, 0.1) is 0 Å².